The number of halogens is 4. The standard InChI is InChI=1S/C13H14F4N2O2/c1-3-19(13(5-6-13)12(20)21-4-2)9-7(14)10(16)18-11(17)8(9)15/h3-6H2,1-2H3. The lowest BCUT2D eigenvalue weighted by Gasteiger charge is -2.31. The minimum absolute atomic E-state index is 0.0183. The van der Waals surface area contributed by atoms with Gasteiger partial charge >= 0.3 is 5.97 Å². The van der Waals surface area contributed by atoms with Gasteiger partial charge in [0.05, 0.1) is 6.61 Å². The number of nitrogens with zero attached hydrogens (tertiary/aromatic N) is 2. The van der Waals surface area contributed by atoms with Crippen molar-refractivity contribution in [2.24, 2.45) is 0 Å². The number of rotatable bonds is 5. The van der Waals surface area contributed by atoms with Gasteiger partial charge in [-0.15, -0.1) is 0 Å². The van der Waals surface area contributed by atoms with Crippen LogP contribution in [0.5, 0.6) is 0 Å². The zero-order valence-electron chi connectivity index (χ0n) is 11.6. The molecule has 0 amide bonds. The van der Waals surface area contributed by atoms with Gasteiger partial charge in [-0.3, -0.25) is 0 Å². The lowest BCUT2D eigenvalue weighted by Crippen LogP contribution is -2.46. The van der Waals surface area contributed by atoms with Crippen LogP contribution in [-0.4, -0.2) is 29.6 Å². The van der Waals surface area contributed by atoms with Gasteiger partial charge in [-0.05, 0) is 26.7 Å². The molecule has 4 nitrogen and oxygen atoms in total. The van der Waals surface area contributed by atoms with Gasteiger partial charge in [0.25, 0.3) is 11.9 Å². The number of hydrogen-bond acceptors (Lipinski definition) is 4. The molecule has 1 aromatic rings. The van der Waals surface area contributed by atoms with Crippen LogP contribution in [-0.2, 0) is 9.53 Å². The van der Waals surface area contributed by atoms with Gasteiger partial charge < -0.3 is 9.64 Å². The highest BCUT2D eigenvalue weighted by atomic mass is 19.2. The molecule has 0 aliphatic heterocycles. The number of carbonyl (C=O) groups excluding carboxylic acids is 1. The zero-order chi connectivity index (χ0) is 15.8. The van der Waals surface area contributed by atoms with E-state index in [1.54, 1.807) is 6.92 Å². The van der Waals surface area contributed by atoms with Gasteiger partial charge in [-0.25, -0.2) is 4.79 Å². The summed E-state index contributed by atoms with van der Waals surface area (Å²) in [6.07, 6.45) is 0.591. The van der Waals surface area contributed by atoms with Crippen LogP contribution >= 0.6 is 0 Å². The highest BCUT2D eigenvalue weighted by Gasteiger charge is 2.57. The average molecular weight is 306 g/mol. The Morgan fingerprint density at radius 2 is 1.71 bits per heavy atom. The maximum atomic E-state index is 13.8. The molecule has 0 bridgehead atoms. The summed E-state index contributed by atoms with van der Waals surface area (Å²) < 4.78 is 59.1. The molecule has 0 N–H and O–H groups in total. The van der Waals surface area contributed by atoms with Crippen molar-refractivity contribution in [2.75, 3.05) is 18.1 Å². The summed E-state index contributed by atoms with van der Waals surface area (Å²) in [5, 5.41) is 0. The van der Waals surface area contributed by atoms with Crippen LogP contribution in [0.15, 0.2) is 0 Å². The summed E-state index contributed by atoms with van der Waals surface area (Å²) in [6.45, 7) is 3.20. The first kappa shape index (κ1) is 15.5. The lowest BCUT2D eigenvalue weighted by atomic mass is 10.1. The van der Waals surface area contributed by atoms with Crippen molar-refractivity contribution < 1.29 is 27.1 Å². The molecule has 1 aliphatic carbocycles. The Hall–Kier alpha value is -1.86. The van der Waals surface area contributed by atoms with E-state index in [0.717, 1.165) is 4.90 Å². The van der Waals surface area contributed by atoms with Gasteiger partial charge in [0.15, 0.2) is 0 Å². The summed E-state index contributed by atoms with van der Waals surface area (Å²) >= 11 is 0. The Balaban J connectivity index is 2.51. The van der Waals surface area contributed by atoms with Gasteiger partial charge in [-0.1, -0.05) is 0 Å². The Bertz CT molecular complexity index is 550. The van der Waals surface area contributed by atoms with Gasteiger partial charge in [0.1, 0.15) is 11.2 Å². The second-order valence-corrected chi connectivity index (χ2v) is 4.67. The average Bonchev–Trinajstić information content (AvgIpc) is 3.23. The maximum Gasteiger partial charge on any atom is 0.331 e. The number of pyridine rings is 1. The third-order valence-corrected chi connectivity index (χ3v) is 3.46. The number of carbonyl (C=O) groups is 1. The van der Waals surface area contributed by atoms with E-state index in [-0.39, 0.29) is 13.2 Å². The molecule has 1 saturated carbocycles. The van der Waals surface area contributed by atoms with Crippen LogP contribution in [0.2, 0.25) is 0 Å². The first-order valence-corrected chi connectivity index (χ1v) is 6.53. The fourth-order valence-electron chi connectivity index (χ4n) is 2.36. The first-order chi connectivity index (χ1) is 9.89. The molecular formula is C13H14F4N2O2. The summed E-state index contributed by atoms with van der Waals surface area (Å²) in [5.41, 5.74) is -2.19. The summed E-state index contributed by atoms with van der Waals surface area (Å²) in [5.74, 6) is -7.40. The second-order valence-electron chi connectivity index (χ2n) is 4.67. The topological polar surface area (TPSA) is 42.4 Å². The normalized spacial score (nSPS) is 15.7. The van der Waals surface area contributed by atoms with Crippen molar-refractivity contribution in [2.45, 2.75) is 32.2 Å². The molecule has 8 heteroatoms. The minimum atomic E-state index is -1.75. The summed E-state index contributed by atoms with van der Waals surface area (Å²) in [6, 6.07) is 0. The van der Waals surface area contributed by atoms with Gasteiger partial charge in [0.2, 0.25) is 11.6 Å². The number of aromatic nitrogens is 1. The SMILES string of the molecule is CCOC(=O)C1(N(CC)c2c(F)c(F)nc(F)c2F)CC1. The highest BCUT2D eigenvalue weighted by Crippen LogP contribution is 2.46. The van der Waals surface area contributed by atoms with E-state index < -0.39 is 40.7 Å². The van der Waals surface area contributed by atoms with E-state index in [4.69, 9.17) is 4.74 Å². The van der Waals surface area contributed by atoms with Gasteiger partial charge in [0, 0.05) is 6.54 Å². The molecule has 2 rings (SSSR count). The summed E-state index contributed by atoms with van der Waals surface area (Å²) in [4.78, 5) is 15.5. The molecule has 0 unspecified atom stereocenters. The van der Waals surface area contributed by atoms with E-state index in [9.17, 15) is 22.4 Å². The van der Waals surface area contributed by atoms with Crippen molar-refractivity contribution >= 4 is 11.7 Å². The monoisotopic (exact) mass is 306 g/mol. The molecule has 0 atom stereocenters. The van der Waals surface area contributed by atoms with Crippen LogP contribution < -0.4 is 4.90 Å². The molecule has 1 fully saturated rings. The van der Waals surface area contributed by atoms with Crippen molar-refractivity contribution in [3.8, 4) is 0 Å². The van der Waals surface area contributed by atoms with Crippen LogP contribution in [0.3, 0.4) is 0 Å². The molecule has 0 spiro atoms. The lowest BCUT2D eigenvalue weighted by molar-refractivity contribution is -0.145. The van der Waals surface area contributed by atoms with E-state index in [0.29, 0.717) is 12.8 Å². The molecule has 0 aromatic carbocycles. The van der Waals surface area contributed by atoms with E-state index in [1.165, 1.54) is 6.92 Å². The van der Waals surface area contributed by atoms with Crippen LogP contribution in [0, 0.1) is 23.5 Å². The third-order valence-electron chi connectivity index (χ3n) is 3.46. The van der Waals surface area contributed by atoms with Crippen LogP contribution in [0.4, 0.5) is 23.2 Å². The number of anilines is 1. The first-order valence-electron chi connectivity index (χ1n) is 6.53. The largest absolute Gasteiger partial charge is 0.464 e. The Morgan fingerprint density at radius 3 is 2.10 bits per heavy atom. The minimum Gasteiger partial charge on any atom is -0.464 e. The number of hydrogen-bond donors (Lipinski definition) is 0. The Morgan fingerprint density at radius 1 is 1.19 bits per heavy atom. The fourth-order valence-corrected chi connectivity index (χ4v) is 2.36. The summed E-state index contributed by atoms with van der Waals surface area (Å²) in [7, 11) is 0. The van der Waals surface area contributed by atoms with Gasteiger partial charge in [-0.2, -0.15) is 22.5 Å². The molecule has 116 valence electrons. The molecule has 0 radical (unpaired) electrons. The third kappa shape index (κ3) is 2.43. The molecular weight excluding hydrogens is 292 g/mol. The second kappa shape index (κ2) is 5.50. The number of likely N-dealkylation sites (N-methyl/N-ethyl adjacent to an activating group) is 1. The van der Waals surface area contributed by atoms with Crippen molar-refractivity contribution in [3.05, 3.63) is 23.5 Å². The fraction of sp³-hybridized carbons (Fsp3) is 0.538. The van der Waals surface area contributed by atoms with Crippen molar-refractivity contribution in [3.63, 3.8) is 0 Å². The van der Waals surface area contributed by atoms with Crippen molar-refractivity contribution in [1.82, 2.24) is 4.98 Å². The van der Waals surface area contributed by atoms with Crippen LogP contribution in [0.25, 0.3) is 0 Å². The predicted molar refractivity (Wildman–Crippen MR) is 65.7 cm³/mol. The molecule has 1 aliphatic rings. The molecule has 21 heavy (non-hydrogen) atoms. The smallest absolute Gasteiger partial charge is 0.331 e. The Labute approximate surface area is 118 Å². The van der Waals surface area contributed by atoms with E-state index in [1.807, 2.05) is 0 Å². The van der Waals surface area contributed by atoms with E-state index in [2.05, 4.69) is 4.98 Å². The van der Waals surface area contributed by atoms with Crippen molar-refractivity contribution in [1.29, 1.82) is 0 Å². The number of esters is 1. The molecule has 0 saturated heterocycles. The quantitative estimate of drug-likeness (QED) is 0.476. The van der Waals surface area contributed by atoms with Crippen LogP contribution in [0.1, 0.15) is 26.7 Å². The Kier molecular flexibility index (Phi) is 4.06. The molecule has 1 aromatic heterocycles. The van der Waals surface area contributed by atoms with E-state index >= 15 is 0 Å². The highest BCUT2D eigenvalue weighted by molar-refractivity contribution is 5.89. The zero-order valence-corrected chi connectivity index (χ0v) is 11.6. The number of ether oxygens (including phenoxy) is 1. The molecule has 1 heterocycles. The maximum absolute atomic E-state index is 13.8. The predicted octanol–water partition coefficient (Wildman–Crippen LogP) is 2.56.